The van der Waals surface area contributed by atoms with E-state index >= 15 is 0 Å². The van der Waals surface area contributed by atoms with Crippen LogP contribution in [0.4, 0.5) is 9.59 Å². The number of aryl methyl sites for hydroxylation is 4. The number of carboxylic acids is 1. The van der Waals surface area contributed by atoms with Gasteiger partial charge in [-0.15, -0.1) is 0 Å². The number of likely N-dealkylation sites (tertiary alicyclic amines) is 2. The summed E-state index contributed by atoms with van der Waals surface area (Å²) in [5, 5.41) is 12.0. The molecule has 11 nitrogen and oxygen atoms in total. The third-order valence-electron chi connectivity index (χ3n) is 13.3. The summed E-state index contributed by atoms with van der Waals surface area (Å²) in [7, 11) is 0. The normalized spacial score (nSPS) is 14.4. The van der Waals surface area contributed by atoms with Crippen molar-refractivity contribution in [2.75, 3.05) is 26.2 Å². The molecule has 2 fully saturated rings. The second kappa shape index (κ2) is 32.5. The molecule has 0 aliphatic carbocycles. The number of rotatable bonds is 21. The van der Waals surface area contributed by atoms with Crippen molar-refractivity contribution in [3.05, 3.63) is 144 Å². The van der Waals surface area contributed by atoms with Gasteiger partial charge in [-0.05, 0) is 178 Å². The van der Waals surface area contributed by atoms with E-state index < -0.39 is 17.2 Å². The topological polar surface area (TPSA) is 152 Å². The quantitative estimate of drug-likeness (QED) is 0.0746. The molecular formula is C62H90N4O7. The Labute approximate surface area is 439 Å². The Morgan fingerprint density at radius 2 is 0.822 bits per heavy atom. The smallest absolute Gasteiger partial charge is 0.410 e. The Kier molecular flexibility index (Phi) is 26.7. The van der Waals surface area contributed by atoms with E-state index in [9.17, 15) is 19.2 Å². The van der Waals surface area contributed by atoms with Gasteiger partial charge < -0.3 is 35.4 Å². The third-order valence-corrected chi connectivity index (χ3v) is 13.3. The van der Waals surface area contributed by atoms with E-state index in [0.29, 0.717) is 44.6 Å². The summed E-state index contributed by atoms with van der Waals surface area (Å²) in [6.45, 7) is 13.7. The molecule has 6 rings (SSSR count). The summed E-state index contributed by atoms with van der Waals surface area (Å²) >= 11 is 0. The van der Waals surface area contributed by atoms with Crippen LogP contribution in [0.2, 0.25) is 0 Å². The summed E-state index contributed by atoms with van der Waals surface area (Å²) in [6, 6.07) is 43.0. The minimum absolute atomic E-state index is 0.148. The zero-order valence-corrected chi connectivity index (χ0v) is 45.3. The number of aliphatic carboxylic acids is 1. The van der Waals surface area contributed by atoms with Gasteiger partial charge in [-0.3, -0.25) is 9.59 Å². The van der Waals surface area contributed by atoms with Crippen LogP contribution in [0, 0.1) is 11.8 Å². The molecule has 0 saturated carbocycles. The summed E-state index contributed by atoms with van der Waals surface area (Å²) in [5.41, 5.74) is 10.8. The zero-order valence-electron chi connectivity index (χ0n) is 45.3. The lowest BCUT2D eigenvalue weighted by Gasteiger charge is -2.33. The number of carbonyl (C=O) groups excluding carboxylic acids is 3. The highest BCUT2D eigenvalue weighted by molar-refractivity contribution is 5.76. The van der Waals surface area contributed by atoms with Crippen molar-refractivity contribution in [2.24, 2.45) is 17.6 Å². The van der Waals surface area contributed by atoms with Gasteiger partial charge in [0.25, 0.3) is 0 Å². The molecule has 0 atom stereocenters. The molecule has 0 radical (unpaired) electrons. The summed E-state index contributed by atoms with van der Waals surface area (Å²) in [4.78, 5) is 51.0. The van der Waals surface area contributed by atoms with Crippen molar-refractivity contribution < 1.29 is 33.8 Å². The first kappa shape index (κ1) is 59.9. The number of carbonyl (C=O) groups is 4. The molecule has 0 aromatic heterocycles. The monoisotopic (exact) mass is 1000 g/mol. The highest BCUT2D eigenvalue weighted by atomic mass is 16.6. The molecule has 2 saturated heterocycles. The fraction of sp³-hybridized carbons (Fsp3) is 0.548. The lowest BCUT2D eigenvalue weighted by Crippen LogP contribution is -2.43. The molecule has 400 valence electrons. The third kappa shape index (κ3) is 27.3. The number of carboxylic acid groups (broad SMARTS) is 1. The maximum absolute atomic E-state index is 13.0. The molecule has 11 heteroatoms. The van der Waals surface area contributed by atoms with Gasteiger partial charge in [-0.25, -0.2) is 9.59 Å². The zero-order chi connectivity index (χ0) is 52.9. The largest absolute Gasteiger partial charge is 0.481 e. The van der Waals surface area contributed by atoms with E-state index in [1.807, 2.05) is 53.7 Å². The number of ether oxygens (including phenoxy) is 2. The maximum Gasteiger partial charge on any atom is 0.410 e. The molecule has 73 heavy (non-hydrogen) atoms. The first-order chi connectivity index (χ1) is 34.9. The molecule has 2 heterocycles. The fourth-order valence-corrected chi connectivity index (χ4v) is 9.34. The van der Waals surface area contributed by atoms with Gasteiger partial charge in [0, 0.05) is 51.1 Å². The van der Waals surface area contributed by atoms with Gasteiger partial charge in [0.2, 0.25) is 5.91 Å². The number of piperidine rings is 2. The van der Waals surface area contributed by atoms with Crippen molar-refractivity contribution in [3.8, 4) is 0 Å². The van der Waals surface area contributed by atoms with Crippen LogP contribution >= 0.6 is 0 Å². The lowest BCUT2D eigenvalue weighted by atomic mass is 9.93. The fourth-order valence-electron chi connectivity index (χ4n) is 9.34. The standard InChI is InChI=1S/C31H44N2O3.C19H25N.C12H21NO4/c1-31(2,3)36-30(35)33-22-20-27(21-23-33)24-29(34)32-28(18-10-16-25-12-6-4-7-13-25)19-11-17-26-14-8-5-9-15-26;20-19(15-7-13-17-9-3-1-4-10-17)16-8-14-18-11-5-2-6-12-18;1-12(2,3)17-11(16)13-6-4-9(5-7-13)8-10(14)15/h4-9,12-15,27-28H,10-11,16-24H2,1-3H3,(H,32,34);1-6,9-12,19H,7-8,13-16,20H2;9H,4-8H2,1-3H3,(H,14,15). The Morgan fingerprint density at radius 3 is 1.12 bits per heavy atom. The number of benzene rings is 4. The molecule has 3 amide bonds. The lowest BCUT2D eigenvalue weighted by molar-refractivity contribution is -0.138. The van der Waals surface area contributed by atoms with Crippen molar-refractivity contribution in [1.29, 1.82) is 0 Å². The average Bonchev–Trinajstić information content (AvgIpc) is 3.35. The minimum Gasteiger partial charge on any atom is -0.481 e. The molecule has 4 aromatic rings. The van der Waals surface area contributed by atoms with Crippen molar-refractivity contribution in [3.63, 3.8) is 0 Å². The van der Waals surface area contributed by atoms with Crippen LogP contribution in [-0.2, 0) is 44.7 Å². The highest BCUT2D eigenvalue weighted by Crippen LogP contribution is 2.24. The predicted octanol–water partition coefficient (Wildman–Crippen LogP) is 13.0. The van der Waals surface area contributed by atoms with Gasteiger partial charge in [0.15, 0.2) is 0 Å². The van der Waals surface area contributed by atoms with Crippen molar-refractivity contribution >= 4 is 24.1 Å². The molecule has 2 aliphatic rings. The molecule has 0 spiro atoms. The van der Waals surface area contributed by atoms with Crippen LogP contribution < -0.4 is 11.1 Å². The van der Waals surface area contributed by atoms with E-state index in [0.717, 1.165) is 89.9 Å². The van der Waals surface area contributed by atoms with Crippen LogP contribution in [0.5, 0.6) is 0 Å². The van der Waals surface area contributed by atoms with Crippen LogP contribution in [0.3, 0.4) is 0 Å². The Hall–Kier alpha value is -5.68. The van der Waals surface area contributed by atoms with Gasteiger partial charge >= 0.3 is 18.2 Å². The molecular weight excluding hydrogens is 913 g/mol. The molecule has 4 aromatic carbocycles. The van der Waals surface area contributed by atoms with Gasteiger partial charge in [0.05, 0.1) is 0 Å². The second-order valence-electron chi connectivity index (χ2n) is 22.2. The SMILES string of the molecule is CC(C)(C)OC(=O)N1CCC(CC(=O)NC(CCCc2ccccc2)CCCc2ccccc2)CC1.CC(C)(C)OC(=O)N1CCC(CC(=O)O)CC1.NC(CCCc1ccccc1)CCCc1ccccc1. The Morgan fingerprint density at radius 1 is 0.521 bits per heavy atom. The molecule has 0 bridgehead atoms. The predicted molar refractivity (Wildman–Crippen MR) is 295 cm³/mol. The van der Waals surface area contributed by atoms with Crippen molar-refractivity contribution in [1.82, 2.24) is 15.1 Å². The molecule has 4 N–H and O–H groups in total. The Balaban J connectivity index is 0.000000262. The maximum atomic E-state index is 13.0. The van der Waals surface area contributed by atoms with Crippen molar-refractivity contribution in [2.45, 2.75) is 180 Å². The van der Waals surface area contributed by atoms with E-state index in [-0.39, 0.29) is 36.5 Å². The summed E-state index contributed by atoms with van der Waals surface area (Å²) in [6.07, 6.45) is 16.5. The van der Waals surface area contributed by atoms with E-state index in [4.69, 9.17) is 20.3 Å². The van der Waals surface area contributed by atoms with Crippen LogP contribution in [0.1, 0.15) is 154 Å². The second-order valence-corrected chi connectivity index (χ2v) is 22.2. The first-order valence-electron chi connectivity index (χ1n) is 27.3. The van der Waals surface area contributed by atoms with E-state index in [2.05, 4.69) is 115 Å². The van der Waals surface area contributed by atoms with Gasteiger partial charge in [0.1, 0.15) is 11.2 Å². The molecule has 2 aliphatic heterocycles. The number of hydrogen-bond donors (Lipinski definition) is 3. The van der Waals surface area contributed by atoms with E-state index in [1.165, 1.54) is 35.1 Å². The summed E-state index contributed by atoms with van der Waals surface area (Å²) in [5.74, 6) is -0.111. The number of hydrogen-bond acceptors (Lipinski definition) is 7. The average molecular weight is 1000 g/mol. The molecule has 0 unspecified atom stereocenters. The van der Waals surface area contributed by atoms with Gasteiger partial charge in [-0.1, -0.05) is 121 Å². The number of nitrogens with zero attached hydrogens (tertiary/aromatic N) is 2. The summed E-state index contributed by atoms with van der Waals surface area (Å²) < 4.78 is 10.8. The first-order valence-corrected chi connectivity index (χ1v) is 27.3. The minimum atomic E-state index is -0.763. The Bertz CT molecular complexity index is 2040. The number of nitrogens with two attached hydrogens (primary N) is 1. The highest BCUT2D eigenvalue weighted by Gasteiger charge is 2.29. The van der Waals surface area contributed by atoms with Crippen LogP contribution in [-0.4, -0.2) is 88.4 Å². The van der Waals surface area contributed by atoms with Crippen LogP contribution in [0.15, 0.2) is 121 Å². The number of nitrogens with one attached hydrogen (secondary N) is 1. The van der Waals surface area contributed by atoms with E-state index in [1.54, 1.807) is 9.80 Å². The van der Waals surface area contributed by atoms with Gasteiger partial charge in [-0.2, -0.15) is 0 Å². The van der Waals surface area contributed by atoms with Crippen LogP contribution in [0.25, 0.3) is 0 Å². The number of amides is 3.